The molecule has 0 bridgehead atoms. The topological polar surface area (TPSA) is 52.7 Å². The smallest absolute Gasteiger partial charge is 0.278 e. The summed E-state index contributed by atoms with van der Waals surface area (Å²) in [6.45, 7) is 2.14. The normalized spacial score (nSPS) is 13.7. The second-order valence-electron chi connectivity index (χ2n) is 8.01. The van der Waals surface area contributed by atoms with E-state index >= 15 is 0 Å². The number of anilines is 2. The number of amides is 2. The Balaban J connectivity index is 1.70. The molecule has 1 aliphatic heterocycles. The first-order valence-corrected chi connectivity index (χ1v) is 10.3. The minimum Gasteiger partial charge on any atom is -0.378 e. The molecule has 1 aliphatic rings. The van der Waals surface area contributed by atoms with Crippen LogP contribution in [0, 0.1) is 12.7 Å². The van der Waals surface area contributed by atoms with E-state index in [2.05, 4.69) is 5.32 Å². The van der Waals surface area contributed by atoms with Crippen molar-refractivity contribution in [3.63, 3.8) is 0 Å². The Kier molecular flexibility index (Phi) is 5.77. The summed E-state index contributed by atoms with van der Waals surface area (Å²) < 4.78 is 13.5. The molecule has 0 saturated heterocycles. The molecule has 32 heavy (non-hydrogen) atoms. The van der Waals surface area contributed by atoms with E-state index in [9.17, 15) is 14.0 Å². The SMILES string of the molecule is Cc1ccc(CN2C(=O)C(Nc3ccc(N(C)C)cc3)=C(c3ccc(F)cc3)C2=O)cc1. The number of halogens is 1. The number of aryl methyl sites for hydroxylation is 1. The van der Waals surface area contributed by atoms with Gasteiger partial charge in [-0.1, -0.05) is 42.0 Å². The predicted molar refractivity (Wildman–Crippen MR) is 124 cm³/mol. The van der Waals surface area contributed by atoms with E-state index in [4.69, 9.17) is 0 Å². The molecule has 0 spiro atoms. The minimum atomic E-state index is -0.411. The second kappa shape index (κ2) is 8.67. The quantitative estimate of drug-likeness (QED) is 0.583. The molecule has 4 rings (SSSR count). The minimum absolute atomic E-state index is 0.160. The third-order valence-electron chi connectivity index (χ3n) is 5.42. The van der Waals surface area contributed by atoms with Gasteiger partial charge in [-0.05, 0) is 54.4 Å². The van der Waals surface area contributed by atoms with Gasteiger partial charge in [0.05, 0.1) is 12.1 Å². The molecule has 0 atom stereocenters. The largest absolute Gasteiger partial charge is 0.378 e. The van der Waals surface area contributed by atoms with E-state index in [-0.39, 0.29) is 17.8 Å². The molecule has 0 aliphatic carbocycles. The van der Waals surface area contributed by atoms with E-state index in [1.54, 1.807) is 0 Å². The molecule has 0 unspecified atom stereocenters. The maximum atomic E-state index is 13.5. The van der Waals surface area contributed by atoms with Crippen LogP contribution in [-0.2, 0) is 16.1 Å². The van der Waals surface area contributed by atoms with Gasteiger partial charge in [-0.15, -0.1) is 0 Å². The van der Waals surface area contributed by atoms with Gasteiger partial charge in [0.25, 0.3) is 11.8 Å². The summed E-state index contributed by atoms with van der Waals surface area (Å²) in [5, 5.41) is 3.13. The van der Waals surface area contributed by atoms with Crippen molar-refractivity contribution in [3.8, 4) is 0 Å². The van der Waals surface area contributed by atoms with E-state index in [0.29, 0.717) is 11.3 Å². The fourth-order valence-corrected chi connectivity index (χ4v) is 3.58. The molecule has 0 fully saturated rings. The molecule has 5 nitrogen and oxygen atoms in total. The summed E-state index contributed by atoms with van der Waals surface area (Å²) >= 11 is 0. The summed E-state index contributed by atoms with van der Waals surface area (Å²) in [5.41, 5.74) is 4.56. The van der Waals surface area contributed by atoms with Gasteiger partial charge >= 0.3 is 0 Å². The lowest BCUT2D eigenvalue weighted by Gasteiger charge is -2.16. The van der Waals surface area contributed by atoms with Crippen LogP contribution in [0.5, 0.6) is 0 Å². The Bertz CT molecular complexity index is 1180. The number of carbonyl (C=O) groups excluding carboxylic acids is 2. The van der Waals surface area contributed by atoms with Crippen molar-refractivity contribution in [1.29, 1.82) is 0 Å². The number of hydrogen-bond donors (Lipinski definition) is 1. The third kappa shape index (κ3) is 4.25. The van der Waals surface area contributed by atoms with Gasteiger partial charge in [0.1, 0.15) is 11.5 Å². The average molecular weight is 429 g/mol. The zero-order valence-electron chi connectivity index (χ0n) is 18.2. The van der Waals surface area contributed by atoms with Crippen LogP contribution in [0.1, 0.15) is 16.7 Å². The van der Waals surface area contributed by atoms with Crippen LogP contribution in [0.2, 0.25) is 0 Å². The summed E-state index contributed by atoms with van der Waals surface area (Å²) in [5.74, 6) is -1.22. The summed E-state index contributed by atoms with van der Waals surface area (Å²) in [6, 6.07) is 20.8. The van der Waals surface area contributed by atoms with Crippen LogP contribution in [0.3, 0.4) is 0 Å². The maximum absolute atomic E-state index is 13.5. The molecule has 0 saturated carbocycles. The standard InChI is InChI=1S/C26H24FN3O2/c1-17-4-6-18(7-5-17)16-30-25(31)23(19-8-10-20(27)11-9-19)24(26(30)32)28-21-12-14-22(15-13-21)29(2)3/h4-15,28H,16H2,1-3H3. The van der Waals surface area contributed by atoms with E-state index in [0.717, 1.165) is 16.8 Å². The molecule has 1 N–H and O–H groups in total. The van der Waals surface area contributed by atoms with Gasteiger partial charge in [0.15, 0.2) is 0 Å². The molecule has 2 amide bonds. The monoisotopic (exact) mass is 429 g/mol. The Morgan fingerprint density at radius 3 is 2.06 bits per heavy atom. The van der Waals surface area contributed by atoms with Crippen molar-refractivity contribution in [1.82, 2.24) is 4.90 Å². The first-order valence-electron chi connectivity index (χ1n) is 10.3. The molecular weight excluding hydrogens is 405 g/mol. The number of carbonyl (C=O) groups is 2. The third-order valence-corrected chi connectivity index (χ3v) is 5.42. The maximum Gasteiger partial charge on any atom is 0.278 e. The van der Waals surface area contributed by atoms with Gasteiger partial charge in [0.2, 0.25) is 0 Å². The highest BCUT2D eigenvalue weighted by Crippen LogP contribution is 2.32. The fraction of sp³-hybridized carbons (Fsp3) is 0.154. The van der Waals surface area contributed by atoms with Crippen molar-refractivity contribution >= 4 is 28.8 Å². The Morgan fingerprint density at radius 2 is 1.47 bits per heavy atom. The first-order chi connectivity index (χ1) is 15.3. The summed E-state index contributed by atoms with van der Waals surface area (Å²) in [7, 11) is 3.89. The van der Waals surface area contributed by atoms with Crippen LogP contribution in [0.4, 0.5) is 15.8 Å². The van der Waals surface area contributed by atoms with Crippen LogP contribution >= 0.6 is 0 Å². The number of hydrogen-bond acceptors (Lipinski definition) is 4. The van der Waals surface area contributed by atoms with Crippen molar-refractivity contribution in [2.45, 2.75) is 13.5 Å². The van der Waals surface area contributed by atoms with Crippen LogP contribution in [-0.4, -0.2) is 30.8 Å². The highest BCUT2D eigenvalue weighted by Gasteiger charge is 2.39. The van der Waals surface area contributed by atoms with E-state index in [1.807, 2.05) is 74.4 Å². The predicted octanol–water partition coefficient (Wildman–Crippen LogP) is 4.59. The lowest BCUT2D eigenvalue weighted by Crippen LogP contribution is -2.32. The Hall–Kier alpha value is -3.93. The van der Waals surface area contributed by atoms with E-state index < -0.39 is 17.6 Å². The van der Waals surface area contributed by atoms with Crippen molar-refractivity contribution in [2.24, 2.45) is 0 Å². The number of imide groups is 1. The molecule has 0 radical (unpaired) electrons. The molecule has 3 aromatic rings. The zero-order chi connectivity index (χ0) is 22.8. The van der Waals surface area contributed by atoms with Gasteiger partial charge < -0.3 is 10.2 Å². The van der Waals surface area contributed by atoms with Crippen molar-refractivity contribution in [3.05, 3.63) is 101 Å². The van der Waals surface area contributed by atoms with Crippen molar-refractivity contribution in [2.75, 3.05) is 24.3 Å². The molecule has 3 aromatic carbocycles. The van der Waals surface area contributed by atoms with Crippen LogP contribution in [0.15, 0.2) is 78.5 Å². The van der Waals surface area contributed by atoms with Gasteiger partial charge in [-0.25, -0.2) is 4.39 Å². The van der Waals surface area contributed by atoms with Crippen LogP contribution in [0.25, 0.3) is 5.57 Å². The van der Waals surface area contributed by atoms with Gasteiger partial charge in [0, 0.05) is 25.5 Å². The lowest BCUT2D eigenvalue weighted by atomic mass is 10.0. The summed E-state index contributed by atoms with van der Waals surface area (Å²) in [4.78, 5) is 29.8. The number of benzene rings is 3. The first kappa shape index (κ1) is 21.3. The Morgan fingerprint density at radius 1 is 0.844 bits per heavy atom. The highest BCUT2D eigenvalue weighted by atomic mass is 19.1. The molecule has 6 heteroatoms. The Labute approximate surface area is 186 Å². The molecule has 162 valence electrons. The average Bonchev–Trinajstić information content (AvgIpc) is 3.00. The molecule has 0 aromatic heterocycles. The number of nitrogens with zero attached hydrogens (tertiary/aromatic N) is 2. The highest BCUT2D eigenvalue weighted by molar-refractivity contribution is 6.36. The van der Waals surface area contributed by atoms with E-state index in [1.165, 1.54) is 29.2 Å². The van der Waals surface area contributed by atoms with Gasteiger partial charge in [-0.2, -0.15) is 0 Å². The van der Waals surface area contributed by atoms with Gasteiger partial charge in [-0.3, -0.25) is 14.5 Å². The number of rotatable bonds is 6. The van der Waals surface area contributed by atoms with Crippen molar-refractivity contribution < 1.29 is 14.0 Å². The lowest BCUT2D eigenvalue weighted by molar-refractivity contribution is -0.137. The zero-order valence-corrected chi connectivity index (χ0v) is 18.2. The molecular formula is C26H24FN3O2. The second-order valence-corrected chi connectivity index (χ2v) is 8.01. The van der Waals surface area contributed by atoms with Crippen LogP contribution < -0.4 is 10.2 Å². The fourth-order valence-electron chi connectivity index (χ4n) is 3.58. The number of nitrogens with one attached hydrogen (secondary N) is 1. The summed E-state index contributed by atoms with van der Waals surface area (Å²) in [6.07, 6.45) is 0. The molecule has 1 heterocycles.